The molecule has 1 heterocycles. The number of nitrogens with one attached hydrogen (secondary N) is 2. The van der Waals surface area contributed by atoms with Crippen molar-refractivity contribution >= 4 is 16.8 Å². The van der Waals surface area contributed by atoms with Gasteiger partial charge in [-0.15, -0.1) is 0 Å². The molecule has 3 rings (SSSR count). The monoisotopic (exact) mass is 349 g/mol. The molecular weight excluding hydrogens is 322 g/mol. The Kier molecular flexibility index (Phi) is 5.89. The summed E-state index contributed by atoms with van der Waals surface area (Å²) in [5.41, 5.74) is 1.01. The highest BCUT2D eigenvalue weighted by Gasteiger charge is 2.30. The number of hydrogen-bond donors (Lipinski definition) is 2. The molecule has 2 aliphatic rings. The van der Waals surface area contributed by atoms with Gasteiger partial charge in [0.1, 0.15) is 0 Å². The summed E-state index contributed by atoms with van der Waals surface area (Å²) in [5, 5.41) is 6.01. The zero-order valence-electron chi connectivity index (χ0n) is 14.3. The van der Waals surface area contributed by atoms with E-state index in [1.54, 1.807) is 6.26 Å². The molecule has 1 aromatic rings. The molecule has 132 valence electrons. The molecule has 2 N–H and O–H groups in total. The average Bonchev–Trinajstić information content (AvgIpc) is 3.24. The Balaban J connectivity index is 1.40. The summed E-state index contributed by atoms with van der Waals surface area (Å²) in [4.78, 5) is 15.4. The summed E-state index contributed by atoms with van der Waals surface area (Å²) in [6.07, 6.45) is 8.04. The predicted octanol–water partition coefficient (Wildman–Crippen LogP) is 2.24. The minimum atomic E-state index is -0.962. The maximum absolute atomic E-state index is 12.1. The maximum Gasteiger partial charge on any atom is 0.315 e. The zero-order valence-corrected chi connectivity index (χ0v) is 15.1. The average molecular weight is 350 g/mol. The van der Waals surface area contributed by atoms with E-state index >= 15 is 0 Å². The van der Waals surface area contributed by atoms with Crippen molar-refractivity contribution in [2.75, 3.05) is 19.3 Å². The van der Waals surface area contributed by atoms with Crippen LogP contribution >= 0.6 is 0 Å². The zero-order chi connectivity index (χ0) is 16.9. The molecule has 0 unspecified atom stereocenters. The van der Waals surface area contributed by atoms with Crippen LogP contribution in [0.15, 0.2) is 29.2 Å². The van der Waals surface area contributed by atoms with Gasteiger partial charge >= 0.3 is 6.03 Å². The Labute approximate surface area is 146 Å². The normalized spacial score (nSPS) is 23.3. The van der Waals surface area contributed by atoms with Crippen LogP contribution in [0.5, 0.6) is 0 Å². The highest BCUT2D eigenvalue weighted by Crippen LogP contribution is 2.26. The summed E-state index contributed by atoms with van der Waals surface area (Å²) >= 11 is 0. The van der Waals surface area contributed by atoms with Crippen molar-refractivity contribution in [1.29, 1.82) is 0 Å². The van der Waals surface area contributed by atoms with Gasteiger partial charge < -0.3 is 10.6 Å². The van der Waals surface area contributed by atoms with Crippen molar-refractivity contribution in [3.63, 3.8) is 0 Å². The molecule has 24 heavy (non-hydrogen) atoms. The molecule has 2 amide bonds. The third kappa shape index (κ3) is 4.57. The molecule has 2 atom stereocenters. The van der Waals surface area contributed by atoms with Crippen molar-refractivity contribution in [2.24, 2.45) is 0 Å². The number of carbonyl (C=O) groups is 1. The van der Waals surface area contributed by atoms with Gasteiger partial charge in [-0.25, -0.2) is 4.79 Å². The summed E-state index contributed by atoms with van der Waals surface area (Å²) in [5.74, 6) is 0. The summed E-state index contributed by atoms with van der Waals surface area (Å²) < 4.78 is 11.4. The van der Waals surface area contributed by atoms with Crippen LogP contribution in [0.4, 0.5) is 4.79 Å². The molecule has 0 spiro atoms. The standard InChI is InChI=1S/C18H27N3O2S/c1-24(23)17-8-6-14(7-9-17)12-19-18(22)20-15-10-11-21(13-15)16-4-2-3-5-16/h6-9,15-16H,2-5,10-13H2,1H3,(H2,19,20,22)/t15-,24-/m0/s1. The fourth-order valence-electron chi connectivity index (χ4n) is 3.72. The Bertz CT molecular complexity index is 584. The lowest BCUT2D eigenvalue weighted by Gasteiger charge is -2.23. The van der Waals surface area contributed by atoms with E-state index in [4.69, 9.17) is 0 Å². The largest absolute Gasteiger partial charge is 0.334 e. The molecule has 6 heteroatoms. The fourth-order valence-corrected chi connectivity index (χ4v) is 4.24. The lowest BCUT2D eigenvalue weighted by Crippen LogP contribution is -2.43. The number of amides is 2. The Morgan fingerprint density at radius 1 is 1.21 bits per heavy atom. The van der Waals surface area contributed by atoms with Gasteiger partial charge in [-0.2, -0.15) is 0 Å². The molecule has 2 fully saturated rings. The van der Waals surface area contributed by atoms with Crippen LogP contribution in [0.2, 0.25) is 0 Å². The number of rotatable bonds is 5. The van der Waals surface area contributed by atoms with E-state index in [1.807, 2.05) is 24.3 Å². The highest BCUT2D eigenvalue weighted by molar-refractivity contribution is 7.84. The van der Waals surface area contributed by atoms with Crippen LogP contribution in [-0.2, 0) is 17.3 Å². The lowest BCUT2D eigenvalue weighted by molar-refractivity contribution is 0.227. The third-order valence-electron chi connectivity index (χ3n) is 5.10. The van der Waals surface area contributed by atoms with Crippen molar-refractivity contribution in [3.8, 4) is 0 Å². The molecular formula is C18H27N3O2S. The van der Waals surface area contributed by atoms with E-state index in [9.17, 15) is 9.00 Å². The molecule has 1 aromatic carbocycles. The number of carbonyl (C=O) groups excluding carboxylic acids is 1. The number of hydrogen-bond acceptors (Lipinski definition) is 3. The van der Waals surface area contributed by atoms with E-state index in [1.165, 1.54) is 25.7 Å². The van der Waals surface area contributed by atoms with E-state index in [0.29, 0.717) is 6.54 Å². The summed E-state index contributed by atoms with van der Waals surface area (Å²) in [6, 6.07) is 8.42. The first-order chi connectivity index (χ1) is 11.6. The number of nitrogens with zero attached hydrogens (tertiary/aromatic N) is 1. The second-order valence-electron chi connectivity index (χ2n) is 6.84. The third-order valence-corrected chi connectivity index (χ3v) is 6.04. The van der Waals surface area contributed by atoms with Gasteiger partial charge in [-0.1, -0.05) is 25.0 Å². The number of urea groups is 1. The molecule has 5 nitrogen and oxygen atoms in total. The first-order valence-corrected chi connectivity index (χ1v) is 10.4. The van der Waals surface area contributed by atoms with Gasteiger partial charge in [0.05, 0.1) is 0 Å². The first-order valence-electron chi connectivity index (χ1n) is 8.82. The van der Waals surface area contributed by atoms with Gasteiger partial charge in [-0.3, -0.25) is 9.11 Å². The smallest absolute Gasteiger partial charge is 0.315 e. The van der Waals surface area contributed by atoms with Crippen molar-refractivity contribution in [3.05, 3.63) is 29.8 Å². The quantitative estimate of drug-likeness (QED) is 0.857. The molecule has 1 aliphatic heterocycles. The van der Waals surface area contributed by atoms with Crippen molar-refractivity contribution in [1.82, 2.24) is 15.5 Å². The SMILES string of the molecule is C[S@](=O)c1ccc(CNC(=O)N[C@H]2CCN(C3CCCC3)C2)cc1. The second kappa shape index (κ2) is 8.12. The Hall–Kier alpha value is -1.40. The van der Waals surface area contributed by atoms with Crippen LogP contribution in [-0.4, -0.2) is 46.6 Å². The van der Waals surface area contributed by atoms with E-state index in [-0.39, 0.29) is 12.1 Å². The fraction of sp³-hybridized carbons (Fsp3) is 0.611. The Morgan fingerprint density at radius 2 is 1.92 bits per heavy atom. The van der Waals surface area contributed by atoms with E-state index in [2.05, 4.69) is 15.5 Å². The van der Waals surface area contributed by atoms with Crippen LogP contribution < -0.4 is 10.6 Å². The van der Waals surface area contributed by atoms with Gasteiger partial charge in [0.25, 0.3) is 0 Å². The molecule has 0 bridgehead atoms. The minimum absolute atomic E-state index is 0.101. The topological polar surface area (TPSA) is 61.4 Å². The number of likely N-dealkylation sites (tertiary alicyclic amines) is 1. The van der Waals surface area contributed by atoms with Gasteiger partial charge in [-0.05, 0) is 37.0 Å². The molecule has 0 aromatic heterocycles. The van der Waals surface area contributed by atoms with Crippen molar-refractivity contribution < 1.29 is 9.00 Å². The minimum Gasteiger partial charge on any atom is -0.334 e. The van der Waals surface area contributed by atoms with Crippen LogP contribution in [0.3, 0.4) is 0 Å². The highest BCUT2D eigenvalue weighted by atomic mass is 32.2. The molecule has 1 saturated carbocycles. The van der Waals surface area contributed by atoms with Crippen LogP contribution in [0.1, 0.15) is 37.7 Å². The van der Waals surface area contributed by atoms with Crippen molar-refractivity contribution in [2.45, 2.75) is 55.6 Å². The predicted molar refractivity (Wildman–Crippen MR) is 96.4 cm³/mol. The van der Waals surface area contributed by atoms with Gasteiger partial charge in [0.2, 0.25) is 0 Å². The first kappa shape index (κ1) is 17.4. The summed E-state index contributed by atoms with van der Waals surface area (Å²) in [7, 11) is -0.962. The number of benzene rings is 1. The maximum atomic E-state index is 12.1. The van der Waals surface area contributed by atoms with Gasteiger partial charge in [0.15, 0.2) is 0 Å². The van der Waals surface area contributed by atoms with Crippen LogP contribution in [0, 0.1) is 0 Å². The van der Waals surface area contributed by atoms with Gasteiger partial charge in [0, 0.05) is 53.7 Å². The lowest BCUT2D eigenvalue weighted by atomic mass is 10.2. The second-order valence-corrected chi connectivity index (χ2v) is 8.22. The summed E-state index contributed by atoms with van der Waals surface area (Å²) in [6.45, 7) is 2.57. The van der Waals surface area contributed by atoms with E-state index < -0.39 is 10.8 Å². The molecule has 0 radical (unpaired) electrons. The van der Waals surface area contributed by atoms with E-state index in [0.717, 1.165) is 36.0 Å². The Morgan fingerprint density at radius 3 is 2.58 bits per heavy atom. The molecule has 1 saturated heterocycles. The molecule has 1 aliphatic carbocycles. The van der Waals surface area contributed by atoms with Crippen LogP contribution in [0.25, 0.3) is 0 Å².